The summed E-state index contributed by atoms with van der Waals surface area (Å²) >= 11 is 0. The number of amides is 2. The number of carbonyl (C=O) groups is 2. The van der Waals surface area contributed by atoms with Crippen molar-refractivity contribution in [2.24, 2.45) is 0 Å². The molecule has 8 nitrogen and oxygen atoms in total. The molecule has 0 radical (unpaired) electrons. The Bertz CT molecular complexity index is 1240. The molecule has 3 aliphatic rings. The van der Waals surface area contributed by atoms with E-state index in [0.717, 1.165) is 44.5 Å². The summed E-state index contributed by atoms with van der Waals surface area (Å²) in [6.45, 7) is 3.63. The van der Waals surface area contributed by atoms with Gasteiger partial charge in [-0.05, 0) is 74.0 Å². The molecular formula is C29H38N4O4S. The largest absolute Gasteiger partial charge is 0.353 e. The first-order valence-electron chi connectivity index (χ1n) is 13.9. The van der Waals surface area contributed by atoms with Crippen LogP contribution in [0.2, 0.25) is 0 Å². The normalized spacial score (nSPS) is 23.2. The average molecular weight is 539 g/mol. The van der Waals surface area contributed by atoms with Gasteiger partial charge in [-0.3, -0.25) is 14.5 Å². The van der Waals surface area contributed by atoms with Crippen LogP contribution in [0.25, 0.3) is 0 Å². The maximum absolute atomic E-state index is 13.3. The maximum atomic E-state index is 13.3. The van der Waals surface area contributed by atoms with Crippen LogP contribution in [0.3, 0.4) is 0 Å². The number of nitrogens with zero attached hydrogens (tertiary/aromatic N) is 2. The minimum Gasteiger partial charge on any atom is -0.353 e. The number of benzene rings is 2. The van der Waals surface area contributed by atoms with E-state index < -0.39 is 22.0 Å². The zero-order valence-corrected chi connectivity index (χ0v) is 22.7. The van der Waals surface area contributed by atoms with Crippen molar-refractivity contribution < 1.29 is 18.0 Å². The molecule has 0 bridgehead atoms. The van der Waals surface area contributed by atoms with Crippen molar-refractivity contribution in [2.75, 3.05) is 26.2 Å². The lowest BCUT2D eigenvalue weighted by atomic mass is 9.86. The zero-order valence-electron chi connectivity index (χ0n) is 21.9. The lowest BCUT2D eigenvalue weighted by Gasteiger charge is -2.34. The van der Waals surface area contributed by atoms with Gasteiger partial charge < -0.3 is 10.6 Å². The quantitative estimate of drug-likeness (QED) is 0.565. The zero-order chi connectivity index (χ0) is 26.5. The summed E-state index contributed by atoms with van der Waals surface area (Å²) in [6.07, 6.45) is 7.75. The highest BCUT2D eigenvalue weighted by Crippen LogP contribution is 2.31. The summed E-state index contributed by atoms with van der Waals surface area (Å²) in [5.41, 5.74) is 3.72. The predicted molar refractivity (Wildman–Crippen MR) is 146 cm³/mol. The molecule has 2 aromatic rings. The summed E-state index contributed by atoms with van der Waals surface area (Å²) in [7, 11) is -3.90. The average Bonchev–Trinajstić information content (AvgIpc) is 3.19. The van der Waals surface area contributed by atoms with Gasteiger partial charge in [-0.15, -0.1) is 0 Å². The summed E-state index contributed by atoms with van der Waals surface area (Å²) in [5.74, 6) is -0.750. The number of sulfonamides is 1. The summed E-state index contributed by atoms with van der Waals surface area (Å²) < 4.78 is 27.7. The minimum atomic E-state index is -3.90. The van der Waals surface area contributed by atoms with E-state index in [4.69, 9.17) is 0 Å². The van der Waals surface area contributed by atoms with Crippen LogP contribution in [0.1, 0.15) is 67.7 Å². The van der Waals surface area contributed by atoms with Crippen molar-refractivity contribution in [3.05, 3.63) is 65.2 Å². The molecule has 2 atom stereocenters. The fourth-order valence-corrected chi connectivity index (χ4v) is 7.61. The van der Waals surface area contributed by atoms with Gasteiger partial charge in [0, 0.05) is 19.6 Å². The van der Waals surface area contributed by atoms with Crippen LogP contribution in [-0.2, 0) is 32.6 Å². The highest BCUT2D eigenvalue weighted by Gasteiger charge is 2.40. The summed E-state index contributed by atoms with van der Waals surface area (Å²) in [4.78, 5) is 28.6. The van der Waals surface area contributed by atoms with E-state index in [2.05, 4.69) is 33.7 Å². The van der Waals surface area contributed by atoms with Crippen molar-refractivity contribution in [3.8, 4) is 0 Å². The molecule has 2 saturated heterocycles. The van der Waals surface area contributed by atoms with Gasteiger partial charge in [-0.1, -0.05) is 49.2 Å². The lowest BCUT2D eigenvalue weighted by Crippen LogP contribution is -2.58. The topological polar surface area (TPSA) is 98.8 Å². The third-order valence-electron chi connectivity index (χ3n) is 7.97. The van der Waals surface area contributed by atoms with Crippen molar-refractivity contribution in [1.29, 1.82) is 0 Å². The highest BCUT2D eigenvalue weighted by atomic mass is 32.2. The molecule has 9 heteroatoms. The Labute approximate surface area is 225 Å². The van der Waals surface area contributed by atoms with Crippen molar-refractivity contribution in [2.45, 2.75) is 74.9 Å². The van der Waals surface area contributed by atoms with Gasteiger partial charge in [0.1, 0.15) is 6.04 Å². The summed E-state index contributed by atoms with van der Waals surface area (Å²) in [6, 6.07) is 13.5. The monoisotopic (exact) mass is 538 g/mol. The van der Waals surface area contributed by atoms with E-state index in [-0.39, 0.29) is 36.4 Å². The number of hydrogen-bond donors (Lipinski definition) is 2. The molecule has 204 valence electrons. The van der Waals surface area contributed by atoms with Gasteiger partial charge in [0.05, 0.1) is 17.4 Å². The lowest BCUT2D eigenvalue weighted by molar-refractivity contribution is -0.132. The van der Waals surface area contributed by atoms with Crippen molar-refractivity contribution >= 4 is 21.8 Å². The molecule has 2 fully saturated rings. The highest BCUT2D eigenvalue weighted by molar-refractivity contribution is 7.89. The van der Waals surface area contributed by atoms with Crippen LogP contribution in [0.4, 0.5) is 0 Å². The first-order chi connectivity index (χ1) is 18.4. The molecule has 0 unspecified atom stereocenters. The second-order valence-electron chi connectivity index (χ2n) is 10.7. The third-order valence-corrected chi connectivity index (χ3v) is 9.89. The molecule has 0 aromatic heterocycles. The van der Waals surface area contributed by atoms with Crippen LogP contribution in [0, 0.1) is 0 Å². The number of nitrogens with one attached hydrogen (secondary N) is 2. The molecule has 2 heterocycles. The van der Waals surface area contributed by atoms with Gasteiger partial charge in [-0.25, -0.2) is 8.42 Å². The minimum absolute atomic E-state index is 0.122. The Hall–Kier alpha value is -2.75. The number of rotatable bonds is 7. The Morgan fingerprint density at radius 1 is 0.974 bits per heavy atom. The maximum Gasteiger partial charge on any atom is 0.243 e. The van der Waals surface area contributed by atoms with Crippen LogP contribution < -0.4 is 10.6 Å². The number of fused-ring (bicyclic) bond motifs is 1. The molecule has 0 spiro atoms. The molecule has 2 N–H and O–H groups in total. The van der Waals surface area contributed by atoms with E-state index in [9.17, 15) is 18.0 Å². The standard InChI is InChI=1S/C29H38N4O4S/c34-28(20-27-29(35)30-15-18-33(27)38(36,37)24-10-4-3-5-11-24)31-26-12-8-9-23-19-22(13-14-25(23)26)21-32-16-6-1-2-7-17-32/h3-5,10-11,13-14,19,26-27H,1-2,6-9,12,15-18,20-21H2,(H,30,35)(H,31,34)/t26-,27-/m1/s1. The fraction of sp³-hybridized carbons (Fsp3) is 0.517. The van der Waals surface area contributed by atoms with Gasteiger partial charge in [0.2, 0.25) is 21.8 Å². The number of likely N-dealkylation sites (tertiary alicyclic amines) is 1. The van der Waals surface area contributed by atoms with Gasteiger partial charge >= 0.3 is 0 Å². The second-order valence-corrected chi connectivity index (χ2v) is 12.6. The first kappa shape index (κ1) is 26.8. The van der Waals surface area contributed by atoms with Crippen LogP contribution in [-0.4, -0.2) is 61.7 Å². The van der Waals surface area contributed by atoms with Crippen LogP contribution in [0.5, 0.6) is 0 Å². The van der Waals surface area contributed by atoms with Gasteiger partial charge in [-0.2, -0.15) is 4.31 Å². The van der Waals surface area contributed by atoms with E-state index in [1.165, 1.54) is 53.2 Å². The molecule has 38 heavy (non-hydrogen) atoms. The molecule has 2 aliphatic heterocycles. The van der Waals surface area contributed by atoms with Gasteiger partial charge in [0.15, 0.2) is 0 Å². The Kier molecular flexibility index (Phi) is 8.45. The Morgan fingerprint density at radius 2 is 1.74 bits per heavy atom. The summed E-state index contributed by atoms with van der Waals surface area (Å²) in [5, 5.41) is 5.84. The van der Waals surface area contributed by atoms with Crippen molar-refractivity contribution in [1.82, 2.24) is 19.8 Å². The Balaban J connectivity index is 1.26. The van der Waals surface area contributed by atoms with Gasteiger partial charge in [0.25, 0.3) is 0 Å². The van der Waals surface area contributed by atoms with E-state index in [0.29, 0.717) is 0 Å². The predicted octanol–water partition coefficient (Wildman–Crippen LogP) is 3.14. The smallest absolute Gasteiger partial charge is 0.243 e. The SMILES string of the molecule is O=C(C[C@@H]1C(=O)NCCN1S(=O)(=O)c1ccccc1)N[C@@H]1CCCc2cc(CN3CCCCCC3)ccc21. The van der Waals surface area contributed by atoms with E-state index in [1.54, 1.807) is 18.2 Å². The number of carbonyl (C=O) groups excluding carboxylic acids is 2. The number of piperazine rings is 1. The molecule has 5 rings (SSSR count). The van der Waals surface area contributed by atoms with E-state index in [1.807, 2.05) is 0 Å². The third kappa shape index (κ3) is 6.11. The molecule has 2 amide bonds. The van der Waals surface area contributed by atoms with E-state index >= 15 is 0 Å². The second kappa shape index (κ2) is 12.0. The molecule has 1 aliphatic carbocycles. The fourth-order valence-electron chi connectivity index (χ4n) is 6.00. The molecular weight excluding hydrogens is 500 g/mol. The van der Waals surface area contributed by atoms with Crippen molar-refractivity contribution in [3.63, 3.8) is 0 Å². The van der Waals surface area contributed by atoms with Crippen LogP contribution >= 0.6 is 0 Å². The number of aryl methyl sites for hydroxylation is 1. The molecule has 2 aromatic carbocycles. The Morgan fingerprint density at radius 3 is 2.50 bits per heavy atom. The number of hydrogen-bond acceptors (Lipinski definition) is 5. The van der Waals surface area contributed by atoms with Crippen LogP contribution in [0.15, 0.2) is 53.4 Å². The molecule has 0 saturated carbocycles. The first-order valence-corrected chi connectivity index (χ1v) is 15.3.